The maximum atomic E-state index is 13.8. The highest BCUT2D eigenvalue weighted by atomic mass is 32.1. The second kappa shape index (κ2) is 13.3. The van der Waals surface area contributed by atoms with Gasteiger partial charge in [-0.3, -0.25) is 24.6 Å². The maximum absolute atomic E-state index is 13.8. The molecule has 3 amide bonds. The molecule has 10 heteroatoms. The molecule has 0 unspecified atom stereocenters. The van der Waals surface area contributed by atoms with Gasteiger partial charge in [0.15, 0.2) is 5.13 Å². The first kappa shape index (κ1) is 28.7. The van der Waals surface area contributed by atoms with E-state index in [1.165, 1.54) is 11.3 Å². The number of fused-ring (bicyclic) bond motifs is 1. The van der Waals surface area contributed by atoms with E-state index in [-0.39, 0.29) is 17.7 Å². The fourth-order valence-corrected chi connectivity index (χ4v) is 6.08. The second-order valence-corrected chi connectivity index (χ2v) is 11.5. The zero-order valence-electron chi connectivity index (χ0n) is 23.7. The summed E-state index contributed by atoms with van der Waals surface area (Å²) in [5, 5.41) is 8.16. The number of nitrogens with one attached hydrogen (secondary N) is 2. The summed E-state index contributed by atoms with van der Waals surface area (Å²) >= 11 is 1.33. The van der Waals surface area contributed by atoms with Crippen molar-refractivity contribution in [3.05, 3.63) is 107 Å². The minimum absolute atomic E-state index is 0.121. The lowest BCUT2D eigenvalue weighted by atomic mass is 9.99. The zero-order valence-corrected chi connectivity index (χ0v) is 24.5. The summed E-state index contributed by atoms with van der Waals surface area (Å²) in [6.07, 6.45) is 2.50. The average Bonchev–Trinajstić information content (AvgIpc) is 3.68. The Morgan fingerprint density at radius 2 is 1.79 bits per heavy atom. The summed E-state index contributed by atoms with van der Waals surface area (Å²) in [7, 11) is 0. The highest BCUT2D eigenvalue weighted by Gasteiger charge is 2.37. The molecule has 43 heavy (non-hydrogen) atoms. The summed E-state index contributed by atoms with van der Waals surface area (Å²) in [5.74, 6) is -0.649. The third-order valence-electron chi connectivity index (χ3n) is 7.78. The molecule has 1 saturated heterocycles. The van der Waals surface area contributed by atoms with Crippen molar-refractivity contribution in [1.29, 1.82) is 0 Å². The topological polar surface area (TPSA) is 104 Å². The van der Waals surface area contributed by atoms with E-state index >= 15 is 0 Å². The largest absolute Gasteiger partial charge is 0.379 e. The molecule has 0 spiro atoms. The molecule has 9 nitrogen and oxygen atoms in total. The number of benzene rings is 3. The normalized spacial score (nSPS) is 15.6. The first-order chi connectivity index (χ1) is 21.1. The van der Waals surface area contributed by atoms with Gasteiger partial charge in [-0.25, -0.2) is 4.98 Å². The zero-order chi connectivity index (χ0) is 29.6. The Kier molecular flexibility index (Phi) is 8.88. The molecule has 0 radical (unpaired) electrons. The maximum Gasteiger partial charge on any atom is 0.255 e. The molecule has 3 aromatic carbocycles. The number of amides is 3. The predicted octanol–water partition coefficient (Wildman–Crippen LogP) is 4.60. The molecule has 3 heterocycles. The van der Waals surface area contributed by atoms with Crippen LogP contribution in [0.1, 0.15) is 44.3 Å². The number of morpholine rings is 1. The fourth-order valence-electron chi connectivity index (χ4n) is 5.55. The fraction of sp³-hybridized carbons (Fsp3) is 0.273. The van der Waals surface area contributed by atoms with Crippen molar-refractivity contribution < 1.29 is 19.1 Å². The van der Waals surface area contributed by atoms with Crippen LogP contribution in [0.4, 0.5) is 5.13 Å². The number of rotatable bonds is 10. The number of thiazole rings is 1. The van der Waals surface area contributed by atoms with Crippen LogP contribution in [0.25, 0.3) is 11.1 Å². The Hall–Kier alpha value is -4.38. The Labute approximate surface area is 254 Å². The first-order valence-corrected chi connectivity index (χ1v) is 15.3. The number of carbonyl (C=O) groups excluding carboxylic acids is 3. The van der Waals surface area contributed by atoms with E-state index in [9.17, 15) is 14.4 Å². The Bertz CT molecular complexity index is 1590. The Balaban J connectivity index is 1.16. The molecule has 1 aromatic heterocycles. The van der Waals surface area contributed by atoms with Crippen LogP contribution in [-0.2, 0) is 16.1 Å². The molecule has 2 aliphatic rings. The summed E-state index contributed by atoms with van der Waals surface area (Å²) in [4.78, 5) is 48.3. The Morgan fingerprint density at radius 3 is 2.58 bits per heavy atom. The van der Waals surface area contributed by atoms with Gasteiger partial charge in [-0.15, -0.1) is 11.3 Å². The number of anilines is 1. The molecule has 0 bridgehead atoms. The monoisotopic (exact) mass is 595 g/mol. The lowest BCUT2D eigenvalue weighted by molar-refractivity contribution is -0.120. The van der Waals surface area contributed by atoms with E-state index in [0.717, 1.165) is 61.5 Å². The molecule has 220 valence electrons. The SMILES string of the molecule is O=C(NCCCN1CCOCC1)c1cccc(-c2ccc3c(c2)C(=O)N([C@@H](C(=O)Nc2nccs2)c2ccccc2)C3)c1. The van der Waals surface area contributed by atoms with E-state index in [2.05, 4.69) is 20.5 Å². The van der Waals surface area contributed by atoms with Gasteiger partial charge in [0.2, 0.25) is 0 Å². The predicted molar refractivity (Wildman–Crippen MR) is 166 cm³/mol. The van der Waals surface area contributed by atoms with E-state index in [1.54, 1.807) is 22.5 Å². The molecule has 1 fully saturated rings. The number of ether oxygens (including phenoxy) is 1. The molecule has 2 N–H and O–H groups in total. The quantitative estimate of drug-likeness (QED) is 0.260. The lowest BCUT2D eigenvalue weighted by Crippen LogP contribution is -2.38. The third-order valence-corrected chi connectivity index (χ3v) is 8.47. The van der Waals surface area contributed by atoms with Crippen LogP contribution in [0, 0.1) is 0 Å². The van der Waals surface area contributed by atoms with Crippen molar-refractivity contribution in [2.24, 2.45) is 0 Å². The van der Waals surface area contributed by atoms with Crippen LogP contribution in [0.3, 0.4) is 0 Å². The van der Waals surface area contributed by atoms with Crippen LogP contribution in [0.15, 0.2) is 84.4 Å². The van der Waals surface area contributed by atoms with Crippen molar-refractivity contribution >= 4 is 34.2 Å². The van der Waals surface area contributed by atoms with Gasteiger partial charge < -0.3 is 15.0 Å². The van der Waals surface area contributed by atoms with Crippen molar-refractivity contribution in [2.45, 2.75) is 19.0 Å². The van der Waals surface area contributed by atoms with Gasteiger partial charge in [0.05, 0.1) is 13.2 Å². The van der Waals surface area contributed by atoms with Gasteiger partial charge in [-0.2, -0.15) is 0 Å². The van der Waals surface area contributed by atoms with E-state index in [1.807, 2.05) is 66.7 Å². The number of aromatic nitrogens is 1. The van der Waals surface area contributed by atoms with Crippen LogP contribution >= 0.6 is 11.3 Å². The van der Waals surface area contributed by atoms with E-state index < -0.39 is 6.04 Å². The highest BCUT2D eigenvalue weighted by Crippen LogP contribution is 2.35. The van der Waals surface area contributed by atoms with Gasteiger partial charge in [-0.05, 0) is 53.4 Å². The molecule has 4 aromatic rings. The second-order valence-electron chi connectivity index (χ2n) is 10.6. The van der Waals surface area contributed by atoms with E-state index in [0.29, 0.717) is 29.3 Å². The smallest absolute Gasteiger partial charge is 0.255 e. The summed E-state index contributed by atoms with van der Waals surface area (Å²) in [5.41, 5.74) is 4.38. The minimum atomic E-state index is -0.816. The molecule has 0 saturated carbocycles. The van der Waals surface area contributed by atoms with Gasteiger partial charge in [0, 0.05) is 48.9 Å². The lowest BCUT2D eigenvalue weighted by Gasteiger charge is -2.27. The summed E-state index contributed by atoms with van der Waals surface area (Å²) in [6, 6.07) is 21.7. The van der Waals surface area contributed by atoms with Crippen molar-refractivity contribution in [2.75, 3.05) is 44.7 Å². The number of nitrogens with zero attached hydrogens (tertiary/aromatic N) is 3. The van der Waals surface area contributed by atoms with Gasteiger partial charge >= 0.3 is 0 Å². The van der Waals surface area contributed by atoms with Crippen molar-refractivity contribution in [3.8, 4) is 11.1 Å². The standard InChI is InChI=1S/C33H33N5O4S/c39-30(34-12-5-14-37-15-17-42-18-16-37)26-9-4-8-24(20-26)25-10-11-27-22-38(32(41)28(27)21-25)29(23-6-2-1-3-7-23)31(40)36-33-35-13-19-43-33/h1-4,6-11,13,19-21,29H,5,12,14-18,22H2,(H,34,39)(H,35,36,40)/t29-/m1/s1. The van der Waals surface area contributed by atoms with Crippen LogP contribution in [0.2, 0.25) is 0 Å². The third kappa shape index (κ3) is 6.67. The van der Waals surface area contributed by atoms with Crippen LogP contribution in [-0.4, -0.2) is 71.9 Å². The summed E-state index contributed by atoms with van der Waals surface area (Å²) in [6.45, 7) is 5.24. The van der Waals surface area contributed by atoms with Crippen LogP contribution < -0.4 is 10.6 Å². The van der Waals surface area contributed by atoms with Crippen molar-refractivity contribution in [3.63, 3.8) is 0 Å². The van der Waals surface area contributed by atoms with Gasteiger partial charge in [0.1, 0.15) is 6.04 Å². The molecule has 1 atom stereocenters. The number of hydrogen-bond donors (Lipinski definition) is 2. The number of hydrogen-bond acceptors (Lipinski definition) is 7. The highest BCUT2D eigenvalue weighted by molar-refractivity contribution is 7.13. The summed E-state index contributed by atoms with van der Waals surface area (Å²) < 4.78 is 5.39. The van der Waals surface area contributed by atoms with Gasteiger partial charge in [0.25, 0.3) is 17.7 Å². The van der Waals surface area contributed by atoms with Crippen molar-refractivity contribution in [1.82, 2.24) is 20.1 Å². The molecule has 2 aliphatic heterocycles. The molecular formula is C33H33N5O4S. The Morgan fingerprint density at radius 1 is 0.977 bits per heavy atom. The minimum Gasteiger partial charge on any atom is -0.379 e. The van der Waals surface area contributed by atoms with Gasteiger partial charge in [-0.1, -0.05) is 54.6 Å². The van der Waals surface area contributed by atoms with E-state index in [4.69, 9.17) is 4.74 Å². The molecular weight excluding hydrogens is 562 g/mol. The number of carbonyl (C=O) groups is 3. The average molecular weight is 596 g/mol. The molecule has 0 aliphatic carbocycles. The first-order valence-electron chi connectivity index (χ1n) is 14.4. The van der Waals surface area contributed by atoms with Crippen LogP contribution in [0.5, 0.6) is 0 Å². The molecule has 6 rings (SSSR count).